The van der Waals surface area contributed by atoms with E-state index in [2.05, 4.69) is 39.8 Å². The van der Waals surface area contributed by atoms with Crippen molar-refractivity contribution in [1.29, 1.82) is 0 Å². The van der Waals surface area contributed by atoms with E-state index in [9.17, 15) is 12.8 Å². The quantitative estimate of drug-likeness (QED) is 0.347. The minimum Gasteiger partial charge on any atom is -0.380 e. The monoisotopic (exact) mass is 576 g/mol. The molecular weight excluding hydrogens is 537 g/mol. The Kier molecular flexibility index (Phi) is 8.50. The number of alkyl halides is 1. The average Bonchev–Trinajstić information content (AvgIpc) is 2.85. The lowest BCUT2D eigenvalue weighted by Gasteiger charge is -2.44. The number of benzene rings is 2. The van der Waals surface area contributed by atoms with Gasteiger partial charge < -0.3 is 5.32 Å². The van der Waals surface area contributed by atoms with Gasteiger partial charge in [0.15, 0.2) is 0 Å². The number of halogens is 3. The molecule has 5 rings (SSSR count). The maximum atomic E-state index is 15.9. The van der Waals surface area contributed by atoms with Crippen LogP contribution in [0.15, 0.2) is 42.0 Å². The van der Waals surface area contributed by atoms with Crippen molar-refractivity contribution in [2.75, 3.05) is 48.6 Å². The van der Waals surface area contributed by atoms with E-state index < -0.39 is 27.7 Å². The summed E-state index contributed by atoms with van der Waals surface area (Å²) < 4.78 is 71.1. The minimum atomic E-state index is -3.45. The summed E-state index contributed by atoms with van der Waals surface area (Å²) in [5, 5.41) is 3.22. The summed E-state index contributed by atoms with van der Waals surface area (Å²) in [5.41, 5.74) is 3.78. The van der Waals surface area contributed by atoms with Crippen LogP contribution in [0.4, 0.5) is 24.5 Å². The molecule has 1 saturated heterocycles. The normalized spacial score (nSPS) is 23.6. The molecule has 0 amide bonds. The average molecular weight is 577 g/mol. The van der Waals surface area contributed by atoms with Gasteiger partial charge in [0.25, 0.3) is 0 Å². The highest BCUT2D eigenvalue weighted by Gasteiger charge is 2.38. The largest absolute Gasteiger partial charge is 0.380 e. The summed E-state index contributed by atoms with van der Waals surface area (Å²) in [7, 11) is -3.45. The van der Waals surface area contributed by atoms with E-state index in [1.54, 1.807) is 25.1 Å². The molecule has 2 aromatic carbocycles. The van der Waals surface area contributed by atoms with Crippen LogP contribution in [0.5, 0.6) is 0 Å². The van der Waals surface area contributed by atoms with Crippen molar-refractivity contribution >= 4 is 21.4 Å². The van der Waals surface area contributed by atoms with Gasteiger partial charge in [-0.15, -0.1) is 0 Å². The number of hydrogen-bond acceptors (Lipinski definition) is 5. The number of likely N-dealkylation sites (tertiary alicyclic amines) is 1. The van der Waals surface area contributed by atoms with E-state index in [1.807, 2.05) is 0 Å². The zero-order chi connectivity index (χ0) is 28.6. The van der Waals surface area contributed by atoms with Crippen LogP contribution in [-0.2, 0) is 16.4 Å². The number of sulfonamides is 1. The van der Waals surface area contributed by atoms with E-state index >= 15 is 8.78 Å². The van der Waals surface area contributed by atoms with Gasteiger partial charge in [0.2, 0.25) is 10.0 Å². The molecule has 2 heterocycles. The molecule has 0 saturated carbocycles. The van der Waals surface area contributed by atoms with E-state index in [1.165, 1.54) is 17.7 Å². The Labute approximate surface area is 235 Å². The fraction of sp³-hybridized carbons (Fsp3) is 0.533. The SMILES string of the molecule is CCS(=O)(=O)Nc1ccc2c(c1)C[C@@H](C)N(CC1=CC(C)C1)[C@@H]2c1c(F)cc(NC2CN(CCCF)C2)cc1F. The van der Waals surface area contributed by atoms with E-state index in [0.717, 1.165) is 17.5 Å². The van der Waals surface area contributed by atoms with Gasteiger partial charge in [0, 0.05) is 49.2 Å². The molecule has 3 atom stereocenters. The van der Waals surface area contributed by atoms with Gasteiger partial charge in [-0.3, -0.25) is 18.9 Å². The van der Waals surface area contributed by atoms with Crippen LogP contribution in [-0.4, -0.2) is 68.9 Å². The van der Waals surface area contributed by atoms with Gasteiger partial charge in [-0.1, -0.05) is 24.6 Å². The highest BCUT2D eigenvalue weighted by molar-refractivity contribution is 7.92. The topological polar surface area (TPSA) is 64.7 Å². The van der Waals surface area contributed by atoms with Crippen molar-refractivity contribution in [2.45, 2.75) is 58.2 Å². The lowest BCUT2D eigenvalue weighted by atomic mass is 9.82. The van der Waals surface area contributed by atoms with Crippen LogP contribution in [0.1, 0.15) is 56.3 Å². The molecule has 218 valence electrons. The molecule has 0 radical (unpaired) electrons. The molecule has 0 aromatic heterocycles. The molecule has 1 fully saturated rings. The highest BCUT2D eigenvalue weighted by Crippen LogP contribution is 2.43. The molecule has 3 aliphatic rings. The summed E-state index contributed by atoms with van der Waals surface area (Å²) in [5.74, 6) is -0.762. The van der Waals surface area contributed by atoms with Crippen molar-refractivity contribution < 1.29 is 21.6 Å². The first kappa shape index (κ1) is 29.0. The lowest BCUT2D eigenvalue weighted by Crippen LogP contribution is -2.54. The van der Waals surface area contributed by atoms with Gasteiger partial charge in [-0.25, -0.2) is 17.2 Å². The van der Waals surface area contributed by atoms with E-state index in [-0.39, 0.29) is 30.1 Å². The van der Waals surface area contributed by atoms with Crippen molar-refractivity contribution in [1.82, 2.24) is 9.80 Å². The summed E-state index contributed by atoms with van der Waals surface area (Å²) >= 11 is 0. The van der Waals surface area contributed by atoms with Crippen molar-refractivity contribution in [2.24, 2.45) is 5.92 Å². The maximum Gasteiger partial charge on any atom is 0.232 e. The molecule has 1 aliphatic carbocycles. The molecule has 6 nitrogen and oxygen atoms in total. The number of anilines is 2. The standard InChI is InChI=1S/C30H39F3N4O2S/c1-4-40(38,39)35-23-6-7-26-22(13-23)12-20(3)37(16-21-10-19(2)11-21)30(26)29-27(32)14-24(15-28(29)33)34-25-17-36(18-25)9-5-8-31/h6-7,10,13-15,19-20,25,30,34-35H,4-5,8-9,11-12,16-18H2,1-3H3/t19?,20-,30+/m1/s1. The Morgan fingerprint density at radius 1 is 1.02 bits per heavy atom. The van der Waals surface area contributed by atoms with Crippen LogP contribution >= 0.6 is 0 Å². The second kappa shape index (κ2) is 11.7. The van der Waals surface area contributed by atoms with Gasteiger partial charge in [0.05, 0.1) is 24.5 Å². The van der Waals surface area contributed by atoms with Crippen molar-refractivity contribution in [3.05, 3.63) is 70.3 Å². The molecule has 2 aliphatic heterocycles. The predicted molar refractivity (Wildman–Crippen MR) is 154 cm³/mol. The summed E-state index contributed by atoms with van der Waals surface area (Å²) in [6.45, 7) is 8.16. The van der Waals surface area contributed by atoms with Gasteiger partial charge >= 0.3 is 0 Å². The molecular formula is C30H39F3N4O2S. The molecule has 2 N–H and O–H groups in total. The van der Waals surface area contributed by atoms with Crippen LogP contribution in [0.25, 0.3) is 0 Å². The lowest BCUT2D eigenvalue weighted by molar-refractivity contribution is 0.154. The fourth-order valence-electron chi connectivity index (χ4n) is 6.23. The van der Waals surface area contributed by atoms with Crippen LogP contribution < -0.4 is 10.0 Å². The Balaban J connectivity index is 1.46. The summed E-state index contributed by atoms with van der Waals surface area (Å²) in [6.07, 6.45) is 4.32. The minimum absolute atomic E-state index is 0.00592. The number of allylic oxidation sites excluding steroid dienone is 1. The van der Waals surface area contributed by atoms with E-state index in [0.29, 0.717) is 56.3 Å². The number of nitrogens with zero attached hydrogens (tertiary/aromatic N) is 2. The first-order valence-corrected chi connectivity index (χ1v) is 15.8. The first-order chi connectivity index (χ1) is 19.1. The molecule has 10 heteroatoms. The molecule has 2 aromatic rings. The fourth-order valence-corrected chi connectivity index (χ4v) is 6.86. The Bertz CT molecular complexity index is 1350. The third kappa shape index (κ3) is 6.19. The zero-order valence-corrected chi connectivity index (χ0v) is 24.2. The maximum absolute atomic E-state index is 15.9. The first-order valence-electron chi connectivity index (χ1n) is 14.2. The summed E-state index contributed by atoms with van der Waals surface area (Å²) in [4.78, 5) is 4.28. The molecule has 40 heavy (non-hydrogen) atoms. The number of nitrogens with one attached hydrogen (secondary N) is 2. The Hall–Kier alpha value is -2.56. The van der Waals surface area contributed by atoms with Crippen LogP contribution in [0.3, 0.4) is 0 Å². The second-order valence-electron chi connectivity index (χ2n) is 11.6. The van der Waals surface area contributed by atoms with Crippen LogP contribution in [0.2, 0.25) is 0 Å². The van der Waals surface area contributed by atoms with Gasteiger partial charge in [-0.05, 0) is 74.4 Å². The summed E-state index contributed by atoms with van der Waals surface area (Å²) in [6, 6.07) is 7.41. The van der Waals surface area contributed by atoms with Crippen LogP contribution in [0, 0.1) is 17.6 Å². The molecule has 0 spiro atoms. The smallest absolute Gasteiger partial charge is 0.232 e. The third-order valence-corrected chi connectivity index (χ3v) is 9.59. The second-order valence-corrected chi connectivity index (χ2v) is 13.6. The van der Waals surface area contributed by atoms with Gasteiger partial charge in [0.1, 0.15) is 11.6 Å². The third-order valence-electron chi connectivity index (χ3n) is 8.28. The number of hydrogen-bond donors (Lipinski definition) is 2. The van der Waals surface area contributed by atoms with Crippen molar-refractivity contribution in [3.63, 3.8) is 0 Å². The predicted octanol–water partition coefficient (Wildman–Crippen LogP) is 5.48. The van der Waals surface area contributed by atoms with Crippen molar-refractivity contribution in [3.8, 4) is 0 Å². The molecule has 0 bridgehead atoms. The zero-order valence-electron chi connectivity index (χ0n) is 23.4. The molecule has 1 unspecified atom stereocenters. The number of rotatable bonds is 11. The highest BCUT2D eigenvalue weighted by atomic mass is 32.2. The number of fused-ring (bicyclic) bond motifs is 1. The van der Waals surface area contributed by atoms with Gasteiger partial charge in [-0.2, -0.15) is 0 Å². The Morgan fingerprint density at radius 3 is 2.35 bits per heavy atom. The Morgan fingerprint density at radius 2 is 1.73 bits per heavy atom. The van der Waals surface area contributed by atoms with E-state index in [4.69, 9.17) is 0 Å².